The maximum Gasteiger partial charge on any atom is 0.339 e. The summed E-state index contributed by atoms with van der Waals surface area (Å²) in [6.07, 6.45) is 0. The molecule has 152 valence electrons. The van der Waals surface area contributed by atoms with Gasteiger partial charge in [-0.3, -0.25) is 4.79 Å². The van der Waals surface area contributed by atoms with E-state index in [1.807, 2.05) is 45.0 Å². The van der Waals surface area contributed by atoms with Crippen LogP contribution in [0.2, 0.25) is 0 Å². The number of para-hydroxylation sites is 1. The fourth-order valence-corrected chi connectivity index (χ4v) is 4.35. The molecule has 2 aromatic carbocycles. The minimum absolute atomic E-state index is 0.0140. The molecule has 0 radical (unpaired) electrons. The molecule has 0 bridgehead atoms. The fraction of sp³-hybridized carbons (Fsp3) is 0.348. The highest BCUT2D eigenvalue weighted by molar-refractivity contribution is 7.21. The number of hydrogen-bond donors (Lipinski definition) is 1. The predicted octanol–water partition coefficient (Wildman–Crippen LogP) is 5.47. The van der Waals surface area contributed by atoms with E-state index < -0.39 is 16.8 Å². The topological polar surface area (TPSA) is 76.5 Å². The summed E-state index contributed by atoms with van der Waals surface area (Å²) in [5.41, 5.74) is 0.0158. The summed E-state index contributed by atoms with van der Waals surface area (Å²) < 4.78 is 6.47. The third kappa shape index (κ3) is 4.32. The Labute approximate surface area is 174 Å². The molecular formula is C23H25NO4S. The number of hydrogen-bond acceptors (Lipinski definition) is 6. The minimum Gasteiger partial charge on any atom is -0.507 e. The lowest BCUT2D eigenvalue weighted by molar-refractivity contribution is -0.137. The van der Waals surface area contributed by atoms with Crippen LogP contribution in [0.4, 0.5) is 0 Å². The molecule has 0 amide bonds. The van der Waals surface area contributed by atoms with E-state index in [-0.39, 0.29) is 23.7 Å². The molecule has 29 heavy (non-hydrogen) atoms. The summed E-state index contributed by atoms with van der Waals surface area (Å²) in [6, 6.07) is 12.3. The van der Waals surface area contributed by atoms with Crippen LogP contribution in [0.5, 0.6) is 5.75 Å². The molecule has 0 atom stereocenters. The van der Waals surface area contributed by atoms with E-state index in [4.69, 9.17) is 4.74 Å². The highest BCUT2D eigenvalue weighted by Crippen LogP contribution is 2.38. The standard InChI is InChI=1S/C23H25NO4S/c1-22(2,3)21(27)23(4,5)13-28-20(26)14-9-8-11-16(25)18(14)19-24-15-10-6-7-12-17(15)29-19/h6-12,25H,13H2,1-5H3. The molecular weight excluding hydrogens is 386 g/mol. The van der Waals surface area contributed by atoms with Crippen LogP contribution < -0.4 is 0 Å². The van der Waals surface area contributed by atoms with Gasteiger partial charge in [-0.05, 0) is 38.1 Å². The number of aromatic nitrogens is 1. The number of benzene rings is 2. The molecule has 3 rings (SSSR count). The van der Waals surface area contributed by atoms with Crippen molar-refractivity contribution in [2.45, 2.75) is 34.6 Å². The summed E-state index contributed by atoms with van der Waals surface area (Å²) in [7, 11) is 0. The molecule has 1 N–H and O–H groups in total. The van der Waals surface area contributed by atoms with Crippen molar-refractivity contribution in [3.63, 3.8) is 0 Å². The van der Waals surface area contributed by atoms with Gasteiger partial charge in [0.1, 0.15) is 23.1 Å². The second kappa shape index (κ2) is 7.59. The molecule has 1 aromatic heterocycles. The Morgan fingerprint density at radius 2 is 1.72 bits per heavy atom. The Kier molecular flexibility index (Phi) is 5.50. The summed E-state index contributed by atoms with van der Waals surface area (Å²) >= 11 is 1.40. The maximum absolute atomic E-state index is 12.9. The van der Waals surface area contributed by atoms with Gasteiger partial charge in [-0.1, -0.05) is 39.0 Å². The van der Waals surface area contributed by atoms with Gasteiger partial charge in [-0.15, -0.1) is 11.3 Å². The molecule has 1 heterocycles. The summed E-state index contributed by atoms with van der Waals surface area (Å²) in [4.78, 5) is 30.0. The molecule has 0 aliphatic carbocycles. The average molecular weight is 412 g/mol. The zero-order chi connectivity index (χ0) is 21.4. The number of aromatic hydroxyl groups is 1. The average Bonchev–Trinajstić information content (AvgIpc) is 3.08. The number of fused-ring (bicyclic) bond motifs is 1. The fourth-order valence-electron chi connectivity index (χ4n) is 3.32. The number of phenolic OH excluding ortho intramolecular Hbond substituents is 1. The van der Waals surface area contributed by atoms with Crippen LogP contribution in [0.1, 0.15) is 45.0 Å². The maximum atomic E-state index is 12.9. The Morgan fingerprint density at radius 1 is 1.03 bits per heavy atom. The third-order valence-corrected chi connectivity index (χ3v) is 5.68. The Bertz CT molecular complexity index is 1040. The third-order valence-electron chi connectivity index (χ3n) is 4.63. The predicted molar refractivity (Wildman–Crippen MR) is 115 cm³/mol. The van der Waals surface area contributed by atoms with Crippen LogP contribution in [-0.4, -0.2) is 28.4 Å². The zero-order valence-electron chi connectivity index (χ0n) is 17.3. The highest BCUT2D eigenvalue weighted by Gasteiger charge is 2.37. The number of carbonyl (C=O) groups excluding carboxylic acids is 2. The Balaban J connectivity index is 1.91. The van der Waals surface area contributed by atoms with Crippen LogP contribution in [0.3, 0.4) is 0 Å². The van der Waals surface area contributed by atoms with E-state index in [0.717, 1.165) is 10.2 Å². The van der Waals surface area contributed by atoms with Gasteiger partial charge in [0.2, 0.25) is 0 Å². The van der Waals surface area contributed by atoms with Crippen LogP contribution in [0.15, 0.2) is 42.5 Å². The van der Waals surface area contributed by atoms with Gasteiger partial charge < -0.3 is 9.84 Å². The molecule has 0 aliphatic rings. The lowest BCUT2D eigenvalue weighted by atomic mass is 9.75. The summed E-state index contributed by atoms with van der Waals surface area (Å²) in [6.45, 7) is 9.03. The van der Waals surface area contributed by atoms with E-state index in [1.54, 1.807) is 26.0 Å². The minimum atomic E-state index is -0.819. The van der Waals surface area contributed by atoms with Gasteiger partial charge in [-0.25, -0.2) is 9.78 Å². The number of ether oxygens (including phenoxy) is 1. The molecule has 0 unspecified atom stereocenters. The molecule has 0 spiro atoms. The first kappa shape index (κ1) is 21.0. The summed E-state index contributed by atoms with van der Waals surface area (Å²) in [5, 5.41) is 11.0. The van der Waals surface area contributed by atoms with Crippen molar-refractivity contribution in [2.75, 3.05) is 6.61 Å². The van der Waals surface area contributed by atoms with Crippen molar-refractivity contribution >= 4 is 33.3 Å². The quantitative estimate of drug-likeness (QED) is 0.564. The van der Waals surface area contributed by atoms with E-state index >= 15 is 0 Å². The van der Waals surface area contributed by atoms with E-state index in [9.17, 15) is 14.7 Å². The van der Waals surface area contributed by atoms with Crippen LogP contribution in [-0.2, 0) is 9.53 Å². The molecule has 3 aromatic rings. The van der Waals surface area contributed by atoms with Gasteiger partial charge in [0.05, 0.1) is 26.8 Å². The number of esters is 1. The van der Waals surface area contributed by atoms with E-state index in [2.05, 4.69) is 4.98 Å². The van der Waals surface area contributed by atoms with Gasteiger partial charge in [0.25, 0.3) is 0 Å². The highest BCUT2D eigenvalue weighted by atomic mass is 32.1. The Morgan fingerprint density at radius 3 is 2.38 bits per heavy atom. The van der Waals surface area contributed by atoms with Gasteiger partial charge in [0.15, 0.2) is 0 Å². The van der Waals surface area contributed by atoms with Gasteiger partial charge in [0, 0.05) is 5.41 Å². The molecule has 5 nitrogen and oxygen atoms in total. The van der Waals surface area contributed by atoms with Gasteiger partial charge >= 0.3 is 5.97 Å². The number of nitrogens with zero attached hydrogens (tertiary/aromatic N) is 1. The van der Waals surface area contributed by atoms with Crippen molar-refractivity contribution in [3.8, 4) is 16.3 Å². The second-order valence-corrected chi connectivity index (χ2v) is 9.76. The second-order valence-electron chi connectivity index (χ2n) is 8.73. The molecule has 6 heteroatoms. The first-order valence-corrected chi connectivity index (χ1v) is 10.2. The molecule has 0 aliphatic heterocycles. The van der Waals surface area contributed by atoms with Crippen molar-refractivity contribution in [2.24, 2.45) is 10.8 Å². The lowest BCUT2D eigenvalue weighted by Crippen LogP contribution is -2.38. The number of ketones is 1. The number of Topliss-reactive ketones (excluding diaryl/α,β-unsaturated/α-hetero) is 1. The van der Waals surface area contributed by atoms with Crippen molar-refractivity contribution < 1.29 is 19.4 Å². The number of carbonyl (C=O) groups is 2. The first-order chi connectivity index (χ1) is 13.5. The lowest BCUT2D eigenvalue weighted by Gasteiger charge is -2.30. The molecule has 0 saturated carbocycles. The van der Waals surface area contributed by atoms with Crippen molar-refractivity contribution in [1.29, 1.82) is 0 Å². The molecule has 0 fully saturated rings. The summed E-state index contributed by atoms with van der Waals surface area (Å²) in [5.74, 6) is -0.617. The van der Waals surface area contributed by atoms with Crippen molar-refractivity contribution in [3.05, 3.63) is 48.0 Å². The largest absolute Gasteiger partial charge is 0.507 e. The Hall–Kier alpha value is -2.73. The number of rotatable bonds is 5. The van der Waals surface area contributed by atoms with Gasteiger partial charge in [-0.2, -0.15) is 0 Å². The van der Waals surface area contributed by atoms with E-state index in [0.29, 0.717) is 10.6 Å². The van der Waals surface area contributed by atoms with Crippen molar-refractivity contribution in [1.82, 2.24) is 4.98 Å². The number of thiazole rings is 1. The molecule has 0 saturated heterocycles. The first-order valence-electron chi connectivity index (χ1n) is 9.41. The number of phenols is 1. The van der Waals surface area contributed by atoms with E-state index in [1.165, 1.54) is 17.4 Å². The zero-order valence-corrected chi connectivity index (χ0v) is 18.1. The smallest absolute Gasteiger partial charge is 0.339 e. The SMILES string of the molecule is CC(C)(C)C(=O)C(C)(C)COC(=O)c1cccc(O)c1-c1nc2ccccc2s1. The normalized spacial score (nSPS) is 12.2. The van der Waals surface area contributed by atoms with Crippen LogP contribution in [0, 0.1) is 10.8 Å². The van der Waals surface area contributed by atoms with Crippen LogP contribution in [0.25, 0.3) is 20.8 Å². The van der Waals surface area contributed by atoms with Crippen LogP contribution >= 0.6 is 11.3 Å². The monoisotopic (exact) mass is 411 g/mol.